The van der Waals surface area contributed by atoms with Gasteiger partial charge in [0, 0.05) is 17.9 Å². The Morgan fingerprint density at radius 1 is 1.20 bits per heavy atom. The second-order valence-corrected chi connectivity index (χ2v) is 4.51. The maximum atomic E-state index is 4.37. The van der Waals surface area contributed by atoms with Crippen molar-refractivity contribution in [3.63, 3.8) is 0 Å². The minimum Gasteiger partial charge on any atom is -0.354 e. The first kappa shape index (κ1) is 10.4. The lowest BCUT2D eigenvalue weighted by Crippen LogP contribution is -2.13. The van der Waals surface area contributed by atoms with Gasteiger partial charge >= 0.3 is 0 Å². The molecule has 1 aromatic heterocycles. The third-order valence-electron chi connectivity index (χ3n) is 3.01. The van der Waals surface area contributed by atoms with Crippen molar-refractivity contribution < 1.29 is 0 Å². The minimum absolute atomic E-state index is 0.791. The highest BCUT2D eigenvalue weighted by molar-refractivity contribution is 5.27. The van der Waals surface area contributed by atoms with E-state index in [9.17, 15) is 0 Å². The highest BCUT2D eigenvalue weighted by Crippen LogP contribution is 2.24. The number of hydrogen-bond acceptors (Lipinski definition) is 3. The Hall–Kier alpha value is -1.12. The number of anilines is 1. The summed E-state index contributed by atoms with van der Waals surface area (Å²) in [6.07, 6.45) is 5.50. The molecule has 0 radical (unpaired) electrons. The van der Waals surface area contributed by atoms with Gasteiger partial charge in [0.25, 0.3) is 0 Å². The molecule has 3 nitrogen and oxygen atoms in total. The molecule has 0 aromatic carbocycles. The number of aromatic nitrogens is 2. The van der Waals surface area contributed by atoms with E-state index in [1.165, 1.54) is 25.7 Å². The zero-order chi connectivity index (χ0) is 10.7. The van der Waals surface area contributed by atoms with E-state index in [0.29, 0.717) is 0 Å². The van der Waals surface area contributed by atoms with Crippen LogP contribution in [0.1, 0.15) is 37.1 Å². The van der Waals surface area contributed by atoms with Gasteiger partial charge in [-0.25, -0.2) is 9.97 Å². The van der Waals surface area contributed by atoms with Crippen molar-refractivity contribution in [1.29, 1.82) is 0 Å². The summed E-state index contributed by atoms with van der Waals surface area (Å²) in [4.78, 5) is 8.75. The molecule has 1 aliphatic rings. The Morgan fingerprint density at radius 2 is 1.80 bits per heavy atom. The molecular formula is C12H19N3. The second-order valence-electron chi connectivity index (χ2n) is 4.51. The van der Waals surface area contributed by atoms with E-state index in [2.05, 4.69) is 15.3 Å². The van der Waals surface area contributed by atoms with Gasteiger partial charge in [-0.2, -0.15) is 0 Å². The van der Waals surface area contributed by atoms with E-state index in [1.54, 1.807) is 0 Å². The lowest BCUT2D eigenvalue weighted by Gasteiger charge is -2.11. The van der Waals surface area contributed by atoms with Gasteiger partial charge in [0.15, 0.2) is 0 Å². The lowest BCUT2D eigenvalue weighted by atomic mass is 10.1. The molecule has 1 aliphatic carbocycles. The van der Waals surface area contributed by atoms with Crippen LogP contribution in [0.25, 0.3) is 0 Å². The molecule has 0 amide bonds. The van der Waals surface area contributed by atoms with Gasteiger partial charge in [-0.15, -0.1) is 0 Å². The van der Waals surface area contributed by atoms with Crippen molar-refractivity contribution in [2.24, 2.45) is 5.92 Å². The minimum atomic E-state index is 0.791. The summed E-state index contributed by atoms with van der Waals surface area (Å²) in [6, 6.07) is 2.00. The molecule has 0 bridgehead atoms. The van der Waals surface area contributed by atoms with Crippen LogP contribution in [0.5, 0.6) is 0 Å². The maximum Gasteiger partial charge on any atom is 0.223 e. The molecule has 0 spiro atoms. The van der Waals surface area contributed by atoms with Crippen LogP contribution in [0, 0.1) is 19.8 Å². The molecule has 0 atom stereocenters. The van der Waals surface area contributed by atoms with E-state index in [-0.39, 0.29) is 0 Å². The fraction of sp³-hybridized carbons (Fsp3) is 0.667. The molecule has 0 aliphatic heterocycles. The summed E-state index contributed by atoms with van der Waals surface area (Å²) >= 11 is 0. The quantitative estimate of drug-likeness (QED) is 0.824. The van der Waals surface area contributed by atoms with Crippen LogP contribution in [0.15, 0.2) is 6.07 Å². The average molecular weight is 205 g/mol. The van der Waals surface area contributed by atoms with Gasteiger partial charge in [0.1, 0.15) is 0 Å². The third kappa shape index (κ3) is 2.91. The molecule has 0 saturated heterocycles. The van der Waals surface area contributed by atoms with Crippen molar-refractivity contribution >= 4 is 5.95 Å². The summed E-state index contributed by atoms with van der Waals surface area (Å²) in [5.41, 5.74) is 2.08. The Labute approximate surface area is 91.3 Å². The summed E-state index contributed by atoms with van der Waals surface area (Å²) in [5.74, 6) is 1.62. The van der Waals surface area contributed by atoms with Crippen LogP contribution in [-0.2, 0) is 0 Å². The Kier molecular flexibility index (Phi) is 3.19. The molecule has 0 unspecified atom stereocenters. The number of rotatable bonds is 3. The summed E-state index contributed by atoms with van der Waals surface area (Å²) in [5, 5.41) is 3.35. The molecule has 3 heteroatoms. The molecule has 1 heterocycles. The Bertz CT molecular complexity index is 309. The topological polar surface area (TPSA) is 37.8 Å². The number of nitrogens with one attached hydrogen (secondary N) is 1. The Morgan fingerprint density at radius 3 is 2.40 bits per heavy atom. The number of aryl methyl sites for hydroxylation is 2. The van der Waals surface area contributed by atoms with Gasteiger partial charge in [0.2, 0.25) is 5.95 Å². The molecule has 1 fully saturated rings. The zero-order valence-corrected chi connectivity index (χ0v) is 9.58. The SMILES string of the molecule is Cc1cc(C)nc(NCC2CCCC2)n1. The first-order valence-electron chi connectivity index (χ1n) is 5.80. The third-order valence-corrected chi connectivity index (χ3v) is 3.01. The zero-order valence-electron chi connectivity index (χ0n) is 9.58. The normalized spacial score (nSPS) is 16.9. The summed E-state index contributed by atoms with van der Waals surface area (Å²) in [6.45, 7) is 5.05. The van der Waals surface area contributed by atoms with E-state index >= 15 is 0 Å². The predicted molar refractivity (Wildman–Crippen MR) is 62.0 cm³/mol. The van der Waals surface area contributed by atoms with E-state index in [1.807, 2.05) is 19.9 Å². The largest absolute Gasteiger partial charge is 0.354 e. The van der Waals surface area contributed by atoms with Gasteiger partial charge in [-0.3, -0.25) is 0 Å². The maximum absolute atomic E-state index is 4.37. The highest BCUT2D eigenvalue weighted by atomic mass is 15.1. The van der Waals surface area contributed by atoms with E-state index in [0.717, 1.165) is 29.8 Å². The van der Waals surface area contributed by atoms with E-state index < -0.39 is 0 Å². The molecular weight excluding hydrogens is 186 g/mol. The van der Waals surface area contributed by atoms with E-state index in [4.69, 9.17) is 0 Å². The average Bonchev–Trinajstić information content (AvgIpc) is 2.65. The van der Waals surface area contributed by atoms with Crippen LogP contribution in [0.3, 0.4) is 0 Å². The molecule has 82 valence electrons. The van der Waals surface area contributed by atoms with Crippen LogP contribution >= 0.6 is 0 Å². The van der Waals surface area contributed by atoms with Crippen LogP contribution in [0.2, 0.25) is 0 Å². The van der Waals surface area contributed by atoms with Crippen molar-refractivity contribution in [2.45, 2.75) is 39.5 Å². The fourth-order valence-electron chi connectivity index (χ4n) is 2.26. The highest BCUT2D eigenvalue weighted by Gasteiger charge is 2.14. The standard InChI is InChI=1S/C12H19N3/c1-9-7-10(2)15-12(14-9)13-8-11-5-3-4-6-11/h7,11H,3-6,8H2,1-2H3,(H,13,14,15). The van der Waals surface area contributed by atoms with Crippen LogP contribution < -0.4 is 5.32 Å². The molecule has 1 N–H and O–H groups in total. The first-order chi connectivity index (χ1) is 7.24. The van der Waals surface area contributed by atoms with Crippen LogP contribution in [0.4, 0.5) is 5.95 Å². The fourth-order valence-corrected chi connectivity index (χ4v) is 2.26. The molecule has 1 saturated carbocycles. The van der Waals surface area contributed by atoms with Gasteiger partial charge in [0.05, 0.1) is 0 Å². The summed E-state index contributed by atoms with van der Waals surface area (Å²) in [7, 11) is 0. The number of nitrogens with zero attached hydrogens (tertiary/aromatic N) is 2. The first-order valence-corrected chi connectivity index (χ1v) is 5.80. The predicted octanol–water partition coefficient (Wildman–Crippen LogP) is 2.70. The van der Waals surface area contributed by atoms with Gasteiger partial charge in [-0.05, 0) is 38.7 Å². The van der Waals surface area contributed by atoms with Crippen molar-refractivity contribution in [3.05, 3.63) is 17.5 Å². The van der Waals surface area contributed by atoms with Crippen molar-refractivity contribution in [2.75, 3.05) is 11.9 Å². The molecule has 1 aromatic rings. The van der Waals surface area contributed by atoms with Gasteiger partial charge < -0.3 is 5.32 Å². The number of hydrogen-bond donors (Lipinski definition) is 1. The van der Waals surface area contributed by atoms with Gasteiger partial charge in [-0.1, -0.05) is 12.8 Å². The Balaban J connectivity index is 1.92. The van der Waals surface area contributed by atoms with Crippen molar-refractivity contribution in [1.82, 2.24) is 9.97 Å². The molecule has 15 heavy (non-hydrogen) atoms. The lowest BCUT2D eigenvalue weighted by molar-refractivity contribution is 0.577. The molecule has 2 rings (SSSR count). The second kappa shape index (κ2) is 4.60. The van der Waals surface area contributed by atoms with Crippen LogP contribution in [-0.4, -0.2) is 16.5 Å². The monoisotopic (exact) mass is 205 g/mol. The summed E-state index contributed by atoms with van der Waals surface area (Å²) < 4.78 is 0. The smallest absolute Gasteiger partial charge is 0.223 e. The van der Waals surface area contributed by atoms with Crippen molar-refractivity contribution in [3.8, 4) is 0 Å².